The zero-order valence-electron chi connectivity index (χ0n) is 15.7. The van der Waals surface area contributed by atoms with Crippen molar-refractivity contribution < 1.29 is 14.4 Å². The predicted molar refractivity (Wildman–Crippen MR) is 98.7 cm³/mol. The molecule has 2 aliphatic rings. The van der Waals surface area contributed by atoms with E-state index in [-0.39, 0.29) is 23.8 Å². The number of carbonyl (C=O) groups is 3. The summed E-state index contributed by atoms with van der Waals surface area (Å²) in [5.74, 6) is -0.838. The maximum Gasteiger partial charge on any atom is 0.255 e. The van der Waals surface area contributed by atoms with E-state index in [0.717, 1.165) is 16.7 Å². The number of carbonyl (C=O) groups excluding carboxylic acids is 3. The molecule has 1 aromatic heterocycles. The highest BCUT2D eigenvalue weighted by Crippen LogP contribution is 2.35. The summed E-state index contributed by atoms with van der Waals surface area (Å²) in [6.07, 6.45) is 4.40. The van der Waals surface area contributed by atoms with Gasteiger partial charge in [0.2, 0.25) is 11.8 Å². The van der Waals surface area contributed by atoms with Gasteiger partial charge in [-0.25, -0.2) is 0 Å². The first-order chi connectivity index (χ1) is 12.8. The van der Waals surface area contributed by atoms with Gasteiger partial charge in [0.1, 0.15) is 6.04 Å². The van der Waals surface area contributed by atoms with Gasteiger partial charge in [0.25, 0.3) is 5.91 Å². The van der Waals surface area contributed by atoms with Crippen LogP contribution in [-0.4, -0.2) is 38.4 Å². The predicted octanol–water partition coefficient (Wildman–Crippen LogP) is 2.07. The van der Waals surface area contributed by atoms with E-state index < -0.39 is 11.9 Å². The molecule has 0 saturated carbocycles. The molecule has 0 spiro atoms. The van der Waals surface area contributed by atoms with Crippen molar-refractivity contribution in [1.82, 2.24) is 20.0 Å². The Morgan fingerprint density at radius 3 is 2.56 bits per heavy atom. The molecule has 4 rings (SSSR count). The lowest BCUT2D eigenvalue weighted by atomic mass is 9.99. The Kier molecular flexibility index (Phi) is 3.91. The number of nitrogens with one attached hydrogen (secondary N) is 1. The number of hydrogen-bond acceptors (Lipinski definition) is 4. The minimum Gasteiger partial charge on any atom is -0.322 e. The molecule has 1 saturated heterocycles. The third-order valence-corrected chi connectivity index (χ3v) is 5.16. The molecule has 7 heteroatoms. The van der Waals surface area contributed by atoms with Gasteiger partial charge in [-0.1, -0.05) is 12.1 Å². The van der Waals surface area contributed by atoms with E-state index in [1.165, 1.54) is 0 Å². The molecular formula is C20H22N4O3. The normalized spacial score (nSPS) is 20.0. The monoisotopic (exact) mass is 366 g/mol. The highest BCUT2D eigenvalue weighted by atomic mass is 16.2. The Balaban J connectivity index is 1.68. The third kappa shape index (κ3) is 2.93. The Morgan fingerprint density at radius 2 is 1.89 bits per heavy atom. The number of fused-ring (bicyclic) bond motifs is 1. The number of rotatable bonds is 2. The highest BCUT2D eigenvalue weighted by Gasteiger charge is 2.39. The second-order valence-electron chi connectivity index (χ2n) is 8.08. The molecule has 7 nitrogen and oxygen atoms in total. The summed E-state index contributed by atoms with van der Waals surface area (Å²) in [7, 11) is 0. The van der Waals surface area contributed by atoms with Crippen molar-refractivity contribution in [1.29, 1.82) is 0 Å². The van der Waals surface area contributed by atoms with Crippen LogP contribution in [0.2, 0.25) is 0 Å². The Hall–Kier alpha value is -2.96. The third-order valence-electron chi connectivity index (χ3n) is 5.16. The summed E-state index contributed by atoms with van der Waals surface area (Å²) in [5.41, 5.74) is 3.28. The van der Waals surface area contributed by atoms with Crippen LogP contribution < -0.4 is 5.32 Å². The molecule has 1 unspecified atom stereocenters. The Morgan fingerprint density at radius 1 is 1.15 bits per heavy atom. The van der Waals surface area contributed by atoms with Crippen molar-refractivity contribution in [2.75, 3.05) is 0 Å². The fourth-order valence-electron chi connectivity index (χ4n) is 3.68. The zero-order chi connectivity index (χ0) is 19.3. The van der Waals surface area contributed by atoms with Crippen molar-refractivity contribution in [2.45, 2.75) is 51.7 Å². The molecule has 140 valence electrons. The Bertz CT molecular complexity index is 954. The maximum atomic E-state index is 12.9. The van der Waals surface area contributed by atoms with Crippen LogP contribution in [0.4, 0.5) is 0 Å². The van der Waals surface area contributed by atoms with Crippen LogP contribution >= 0.6 is 0 Å². The van der Waals surface area contributed by atoms with Gasteiger partial charge in [0.15, 0.2) is 0 Å². The van der Waals surface area contributed by atoms with Crippen LogP contribution in [-0.2, 0) is 21.7 Å². The van der Waals surface area contributed by atoms with E-state index in [0.29, 0.717) is 18.5 Å². The minimum atomic E-state index is -0.604. The summed E-state index contributed by atoms with van der Waals surface area (Å²) in [6.45, 7) is 6.59. The van der Waals surface area contributed by atoms with Crippen LogP contribution in [0.5, 0.6) is 0 Å². The highest BCUT2D eigenvalue weighted by molar-refractivity contribution is 6.06. The number of hydrogen-bond donors (Lipinski definition) is 1. The average Bonchev–Trinajstić information content (AvgIpc) is 3.21. The van der Waals surface area contributed by atoms with Gasteiger partial charge in [-0.15, -0.1) is 0 Å². The SMILES string of the molecule is CC(C)(C)n1cc(-c2cccc3c2CN(C2CCC(=O)NC2=O)C3=O)cn1. The molecule has 27 heavy (non-hydrogen) atoms. The van der Waals surface area contributed by atoms with Gasteiger partial charge in [-0.05, 0) is 44.4 Å². The fraction of sp³-hybridized carbons (Fsp3) is 0.400. The first kappa shape index (κ1) is 17.5. The van der Waals surface area contributed by atoms with E-state index in [4.69, 9.17) is 0 Å². The van der Waals surface area contributed by atoms with Crippen molar-refractivity contribution in [3.8, 4) is 11.1 Å². The summed E-state index contributed by atoms with van der Waals surface area (Å²) in [5, 5.41) is 6.79. The van der Waals surface area contributed by atoms with Crippen molar-refractivity contribution in [3.63, 3.8) is 0 Å². The molecule has 0 bridgehead atoms. The van der Waals surface area contributed by atoms with Gasteiger partial charge >= 0.3 is 0 Å². The second-order valence-corrected chi connectivity index (χ2v) is 8.08. The molecule has 2 aliphatic heterocycles. The number of aromatic nitrogens is 2. The van der Waals surface area contributed by atoms with E-state index in [2.05, 4.69) is 31.2 Å². The van der Waals surface area contributed by atoms with Crippen molar-refractivity contribution in [3.05, 3.63) is 41.7 Å². The van der Waals surface area contributed by atoms with Gasteiger partial charge < -0.3 is 4.90 Å². The van der Waals surface area contributed by atoms with Crippen LogP contribution in [0.1, 0.15) is 49.5 Å². The smallest absolute Gasteiger partial charge is 0.255 e. The molecule has 1 fully saturated rings. The van der Waals surface area contributed by atoms with Crippen LogP contribution in [0.3, 0.4) is 0 Å². The van der Waals surface area contributed by atoms with Gasteiger partial charge in [-0.3, -0.25) is 24.4 Å². The number of nitrogens with zero attached hydrogens (tertiary/aromatic N) is 3. The topological polar surface area (TPSA) is 84.3 Å². The lowest BCUT2D eigenvalue weighted by molar-refractivity contribution is -0.136. The average molecular weight is 366 g/mol. The summed E-state index contributed by atoms with van der Waals surface area (Å²) < 4.78 is 1.90. The van der Waals surface area contributed by atoms with Gasteiger partial charge in [-0.2, -0.15) is 5.10 Å². The molecule has 0 radical (unpaired) electrons. The molecule has 2 aromatic rings. The number of benzene rings is 1. The van der Waals surface area contributed by atoms with E-state index >= 15 is 0 Å². The molecular weight excluding hydrogens is 344 g/mol. The molecule has 1 atom stereocenters. The summed E-state index contributed by atoms with van der Waals surface area (Å²) in [4.78, 5) is 38.1. The Labute approximate surface area is 157 Å². The quantitative estimate of drug-likeness (QED) is 0.825. The van der Waals surface area contributed by atoms with E-state index in [1.807, 2.05) is 23.0 Å². The first-order valence-electron chi connectivity index (χ1n) is 9.08. The number of imide groups is 1. The summed E-state index contributed by atoms with van der Waals surface area (Å²) >= 11 is 0. The standard InChI is InChI=1S/C20H22N4O3/c1-20(2,3)24-10-12(9-21-24)13-5-4-6-14-15(13)11-23(19(14)27)16-7-8-17(25)22-18(16)26/h4-6,9-10,16H,7-8,11H2,1-3H3,(H,22,25,26). The van der Waals surface area contributed by atoms with E-state index in [1.54, 1.807) is 17.2 Å². The van der Waals surface area contributed by atoms with Crippen LogP contribution in [0.25, 0.3) is 11.1 Å². The minimum absolute atomic E-state index is 0.134. The lowest BCUT2D eigenvalue weighted by Crippen LogP contribution is -2.52. The molecule has 3 amide bonds. The first-order valence-corrected chi connectivity index (χ1v) is 9.08. The van der Waals surface area contributed by atoms with Gasteiger partial charge in [0, 0.05) is 30.3 Å². The molecule has 0 aliphatic carbocycles. The maximum absolute atomic E-state index is 12.9. The summed E-state index contributed by atoms with van der Waals surface area (Å²) in [6, 6.07) is 5.02. The van der Waals surface area contributed by atoms with Crippen LogP contribution in [0.15, 0.2) is 30.6 Å². The lowest BCUT2D eigenvalue weighted by Gasteiger charge is -2.29. The second kappa shape index (κ2) is 6.04. The molecule has 1 aromatic carbocycles. The number of piperidine rings is 1. The van der Waals surface area contributed by atoms with E-state index in [9.17, 15) is 14.4 Å². The number of amides is 3. The van der Waals surface area contributed by atoms with Gasteiger partial charge in [0.05, 0.1) is 11.7 Å². The largest absolute Gasteiger partial charge is 0.322 e. The fourth-order valence-corrected chi connectivity index (χ4v) is 3.68. The molecule has 1 N–H and O–H groups in total. The zero-order valence-corrected chi connectivity index (χ0v) is 15.7. The van der Waals surface area contributed by atoms with Crippen LogP contribution in [0, 0.1) is 0 Å². The van der Waals surface area contributed by atoms with Crippen molar-refractivity contribution >= 4 is 17.7 Å². The molecule has 3 heterocycles. The van der Waals surface area contributed by atoms with Crippen molar-refractivity contribution in [2.24, 2.45) is 0 Å².